The second-order valence-corrected chi connectivity index (χ2v) is 7.64. The molecule has 1 atom stereocenters. The number of benzene rings is 3. The molecule has 1 heterocycles. The molecule has 3 aromatic carbocycles. The number of aliphatic hydroxyl groups is 1. The molecule has 0 aromatic heterocycles. The van der Waals surface area contributed by atoms with Crippen molar-refractivity contribution in [2.24, 2.45) is 0 Å². The van der Waals surface area contributed by atoms with Gasteiger partial charge in [-0.15, -0.1) is 0 Å². The van der Waals surface area contributed by atoms with Gasteiger partial charge in [-0.2, -0.15) is 0 Å². The van der Waals surface area contributed by atoms with E-state index in [4.69, 9.17) is 4.74 Å². The van der Waals surface area contributed by atoms with Crippen LogP contribution in [0.2, 0.25) is 0 Å². The second-order valence-electron chi connectivity index (χ2n) is 7.64. The monoisotopic (exact) mass is 431 g/mol. The lowest BCUT2D eigenvalue weighted by molar-refractivity contribution is -0.132. The molecule has 1 saturated heterocycles. The molecule has 5 nitrogen and oxygen atoms in total. The predicted molar refractivity (Wildman–Crippen MR) is 120 cm³/mol. The molecule has 1 aliphatic heterocycles. The number of halogens is 1. The van der Waals surface area contributed by atoms with Crippen LogP contribution < -0.4 is 9.64 Å². The third-order valence-electron chi connectivity index (χ3n) is 5.81. The SMILES string of the molecule is COc1ccc(F)cc1/C(O)=C1\C(=O)C(=O)N(c2cccc(C)c2C)C1c1ccccc1. The van der Waals surface area contributed by atoms with Crippen LogP contribution in [0, 0.1) is 19.7 Å². The van der Waals surface area contributed by atoms with Gasteiger partial charge < -0.3 is 9.84 Å². The van der Waals surface area contributed by atoms with Gasteiger partial charge in [-0.3, -0.25) is 14.5 Å². The van der Waals surface area contributed by atoms with Gasteiger partial charge in [0.2, 0.25) is 0 Å². The summed E-state index contributed by atoms with van der Waals surface area (Å²) in [4.78, 5) is 27.9. The van der Waals surface area contributed by atoms with Crippen LogP contribution in [0.5, 0.6) is 5.75 Å². The number of hydrogen-bond acceptors (Lipinski definition) is 4. The van der Waals surface area contributed by atoms with Gasteiger partial charge in [0.05, 0.1) is 24.3 Å². The fourth-order valence-electron chi connectivity index (χ4n) is 4.04. The summed E-state index contributed by atoms with van der Waals surface area (Å²) < 4.78 is 19.3. The first-order chi connectivity index (χ1) is 15.3. The number of hydrogen-bond donors (Lipinski definition) is 1. The van der Waals surface area contributed by atoms with E-state index < -0.39 is 29.3 Å². The number of aliphatic hydroxyl groups excluding tert-OH is 1. The van der Waals surface area contributed by atoms with E-state index in [-0.39, 0.29) is 16.9 Å². The van der Waals surface area contributed by atoms with Gasteiger partial charge in [0.15, 0.2) is 0 Å². The number of ketones is 1. The number of nitrogens with zero attached hydrogens (tertiary/aromatic N) is 1. The molecule has 162 valence electrons. The highest BCUT2D eigenvalue weighted by Gasteiger charge is 2.47. The van der Waals surface area contributed by atoms with Crippen LogP contribution in [-0.2, 0) is 9.59 Å². The van der Waals surface area contributed by atoms with Crippen LogP contribution in [0.1, 0.15) is 28.3 Å². The quantitative estimate of drug-likeness (QED) is 0.356. The molecule has 1 unspecified atom stereocenters. The Morgan fingerprint density at radius 3 is 2.41 bits per heavy atom. The first-order valence-corrected chi connectivity index (χ1v) is 10.1. The lowest BCUT2D eigenvalue weighted by Crippen LogP contribution is -2.30. The fourth-order valence-corrected chi connectivity index (χ4v) is 4.04. The average molecular weight is 431 g/mol. The zero-order valence-electron chi connectivity index (χ0n) is 17.9. The average Bonchev–Trinajstić information content (AvgIpc) is 3.06. The summed E-state index contributed by atoms with van der Waals surface area (Å²) in [6.45, 7) is 3.80. The van der Waals surface area contributed by atoms with E-state index in [2.05, 4.69) is 0 Å². The number of ether oxygens (including phenoxy) is 1. The van der Waals surface area contributed by atoms with Gasteiger partial charge in [-0.05, 0) is 54.8 Å². The van der Waals surface area contributed by atoms with Crippen LogP contribution in [0.25, 0.3) is 5.76 Å². The number of aryl methyl sites for hydroxylation is 1. The number of rotatable bonds is 4. The Balaban J connectivity index is 2.01. The van der Waals surface area contributed by atoms with Crippen molar-refractivity contribution in [2.75, 3.05) is 12.0 Å². The molecule has 1 amide bonds. The summed E-state index contributed by atoms with van der Waals surface area (Å²) in [6, 6.07) is 17.2. The van der Waals surface area contributed by atoms with Crippen LogP contribution in [0.4, 0.5) is 10.1 Å². The maximum absolute atomic E-state index is 14.0. The Bertz CT molecular complexity index is 1250. The summed E-state index contributed by atoms with van der Waals surface area (Å²) in [5.41, 5.74) is 2.91. The minimum atomic E-state index is -0.885. The summed E-state index contributed by atoms with van der Waals surface area (Å²) >= 11 is 0. The minimum Gasteiger partial charge on any atom is -0.507 e. The Morgan fingerprint density at radius 1 is 1.00 bits per heavy atom. The zero-order chi connectivity index (χ0) is 23.0. The number of methoxy groups -OCH3 is 1. The molecule has 3 aromatic rings. The number of carbonyl (C=O) groups is 2. The van der Waals surface area contributed by atoms with Crippen molar-refractivity contribution >= 4 is 23.1 Å². The van der Waals surface area contributed by atoms with Crippen molar-refractivity contribution in [1.29, 1.82) is 0 Å². The first-order valence-electron chi connectivity index (χ1n) is 10.1. The fraction of sp³-hybridized carbons (Fsp3) is 0.154. The molecule has 1 fully saturated rings. The summed E-state index contributed by atoms with van der Waals surface area (Å²) in [7, 11) is 1.38. The minimum absolute atomic E-state index is 0.00685. The molecule has 1 N–H and O–H groups in total. The van der Waals surface area contributed by atoms with Crippen LogP contribution >= 0.6 is 0 Å². The summed E-state index contributed by atoms with van der Waals surface area (Å²) in [5.74, 6) is -2.50. The van der Waals surface area contributed by atoms with Crippen molar-refractivity contribution < 1.29 is 23.8 Å². The first kappa shape index (κ1) is 21.3. The summed E-state index contributed by atoms with van der Waals surface area (Å²) in [6.07, 6.45) is 0. The van der Waals surface area contributed by atoms with Crippen molar-refractivity contribution in [1.82, 2.24) is 0 Å². The van der Waals surface area contributed by atoms with E-state index in [1.165, 1.54) is 24.1 Å². The third-order valence-corrected chi connectivity index (χ3v) is 5.81. The maximum atomic E-state index is 14.0. The highest BCUT2D eigenvalue weighted by Crippen LogP contribution is 2.44. The lowest BCUT2D eigenvalue weighted by atomic mass is 9.94. The van der Waals surface area contributed by atoms with Crippen molar-refractivity contribution in [3.8, 4) is 5.75 Å². The Labute approximate surface area is 185 Å². The molecule has 0 saturated carbocycles. The number of carbonyl (C=O) groups excluding carboxylic acids is 2. The summed E-state index contributed by atoms with van der Waals surface area (Å²) in [5, 5.41) is 11.2. The van der Waals surface area contributed by atoms with Crippen molar-refractivity contribution in [2.45, 2.75) is 19.9 Å². The van der Waals surface area contributed by atoms with Gasteiger partial charge in [-0.1, -0.05) is 42.5 Å². The molecule has 4 rings (SSSR count). The Hall–Kier alpha value is -3.93. The van der Waals surface area contributed by atoms with Gasteiger partial charge in [0, 0.05) is 5.69 Å². The van der Waals surface area contributed by atoms with Crippen LogP contribution in [0.15, 0.2) is 72.3 Å². The second kappa shape index (κ2) is 8.30. The molecule has 1 aliphatic rings. The van der Waals surface area contributed by atoms with E-state index in [1.807, 2.05) is 32.0 Å². The molecule has 6 heteroatoms. The molecule has 0 radical (unpaired) electrons. The lowest BCUT2D eigenvalue weighted by Gasteiger charge is -2.27. The Morgan fingerprint density at radius 2 is 1.72 bits per heavy atom. The van der Waals surface area contributed by atoms with Gasteiger partial charge in [0.25, 0.3) is 11.7 Å². The van der Waals surface area contributed by atoms with Gasteiger partial charge in [-0.25, -0.2) is 4.39 Å². The maximum Gasteiger partial charge on any atom is 0.300 e. The highest BCUT2D eigenvalue weighted by molar-refractivity contribution is 6.51. The number of Topliss-reactive ketones (excluding diaryl/α,β-unsaturated/α-hetero) is 1. The smallest absolute Gasteiger partial charge is 0.300 e. The van der Waals surface area contributed by atoms with Crippen LogP contribution in [0.3, 0.4) is 0 Å². The van der Waals surface area contributed by atoms with Crippen LogP contribution in [-0.4, -0.2) is 23.9 Å². The van der Waals surface area contributed by atoms with Crippen molar-refractivity contribution in [3.05, 3.63) is 100 Å². The van der Waals surface area contributed by atoms with Crippen molar-refractivity contribution in [3.63, 3.8) is 0 Å². The zero-order valence-corrected chi connectivity index (χ0v) is 17.9. The molecule has 0 bridgehead atoms. The number of anilines is 1. The topological polar surface area (TPSA) is 66.8 Å². The van der Waals surface area contributed by atoms with Gasteiger partial charge >= 0.3 is 0 Å². The van der Waals surface area contributed by atoms with E-state index >= 15 is 0 Å². The van der Waals surface area contributed by atoms with E-state index in [9.17, 15) is 19.1 Å². The third kappa shape index (κ3) is 3.43. The van der Waals surface area contributed by atoms with E-state index in [1.54, 1.807) is 30.3 Å². The van der Waals surface area contributed by atoms with E-state index in [0.29, 0.717) is 11.3 Å². The number of amides is 1. The highest BCUT2D eigenvalue weighted by atomic mass is 19.1. The van der Waals surface area contributed by atoms with E-state index in [0.717, 1.165) is 17.2 Å². The molecule has 0 spiro atoms. The standard InChI is InChI=1S/C26H22FNO4/c1-15-8-7-11-20(16(15)2)28-23(17-9-5-4-6-10-17)22(25(30)26(28)31)24(29)19-14-18(27)12-13-21(19)32-3/h4-14,23,29H,1-3H3/b24-22+. The molecular formula is C26H22FNO4. The Kier molecular flexibility index (Phi) is 5.53. The normalized spacial score (nSPS) is 17.6. The molecule has 0 aliphatic carbocycles. The molecule has 32 heavy (non-hydrogen) atoms. The largest absolute Gasteiger partial charge is 0.507 e. The molecular weight excluding hydrogens is 409 g/mol. The predicted octanol–water partition coefficient (Wildman–Crippen LogP) is 5.08. The van der Waals surface area contributed by atoms with Gasteiger partial charge in [0.1, 0.15) is 17.3 Å².